The molecule has 8 nitrogen and oxygen atoms in total. The first kappa shape index (κ1) is 20.7. The summed E-state index contributed by atoms with van der Waals surface area (Å²) in [5.74, 6) is -0.0953. The normalized spacial score (nSPS) is 16.9. The number of hydrogen-bond acceptors (Lipinski definition) is 4. The summed E-state index contributed by atoms with van der Waals surface area (Å²) in [6.07, 6.45) is 0.602. The number of anilines is 2. The molecule has 1 aliphatic heterocycles. The first-order valence-corrected chi connectivity index (χ1v) is 9.18. The molecule has 0 saturated carbocycles. The molecule has 2 rings (SSSR count). The van der Waals surface area contributed by atoms with Gasteiger partial charge in [0.05, 0.1) is 0 Å². The molecule has 0 unspecified atom stereocenters. The molecule has 0 aliphatic carbocycles. The van der Waals surface area contributed by atoms with Gasteiger partial charge in [0.25, 0.3) is 0 Å². The van der Waals surface area contributed by atoms with Crippen molar-refractivity contribution in [2.24, 2.45) is 5.92 Å². The number of rotatable bonds is 6. The van der Waals surface area contributed by atoms with Gasteiger partial charge >= 0.3 is 6.03 Å². The summed E-state index contributed by atoms with van der Waals surface area (Å²) in [6.45, 7) is 6.35. The van der Waals surface area contributed by atoms with Crippen molar-refractivity contribution in [2.45, 2.75) is 39.7 Å². The Hall–Kier alpha value is -2.61. The van der Waals surface area contributed by atoms with Crippen LogP contribution in [-0.2, 0) is 9.59 Å². The molecule has 0 bridgehead atoms. The lowest BCUT2D eigenvalue weighted by Gasteiger charge is -2.34. The Balaban J connectivity index is 2.11. The quantitative estimate of drug-likeness (QED) is 0.605. The van der Waals surface area contributed by atoms with Gasteiger partial charge in [0.15, 0.2) is 0 Å². The summed E-state index contributed by atoms with van der Waals surface area (Å²) >= 11 is 0. The summed E-state index contributed by atoms with van der Waals surface area (Å²) in [7, 11) is 0. The predicted molar refractivity (Wildman–Crippen MR) is 103 cm³/mol. The summed E-state index contributed by atoms with van der Waals surface area (Å²) < 4.78 is 0. The topological polar surface area (TPSA) is 111 Å². The van der Waals surface area contributed by atoms with Crippen LogP contribution >= 0.6 is 0 Å². The van der Waals surface area contributed by atoms with Crippen molar-refractivity contribution in [2.75, 3.05) is 30.3 Å². The molecule has 1 saturated heterocycles. The van der Waals surface area contributed by atoms with E-state index in [0.717, 1.165) is 5.56 Å². The Labute approximate surface area is 159 Å². The van der Waals surface area contributed by atoms with Gasteiger partial charge in [0.2, 0.25) is 11.8 Å². The van der Waals surface area contributed by atoms with Crippen LogP contribution in [-0.4, -0.2) is 53.6 Å². The van der Waals surface area contributed by atoms with Gasteiger partial charge in [0.1, 0.15) is 6.04 Å². The average molecular weight is 376 g/mol. The highest BCUT2D eigenvalue weighted by Gasteiger charge is 2.32. The number of carbonyl (C=O) groups is 3. The van der Waals surface area contributed by atoms with Crippen LogP contribution in [0.15, 0.2) is 18.2 Å². The molecular formula is C19H28N4O4. The van der Waals surface area contributed by atoms with Crippen molar-refractivity contribution in [1.29, 1.82) is 0 Å². The van der Waals surface area contributed by atoms with E-state index < -0.39 is 12.1 Å². The minimum absolute atomic E-state index is 0.0816. The second-order valence-corrected chi connectivity index (χ2v) is 7.12. The van der Waals surface area contributed by atoms with Crippen LogP contribution in [0.1, 0.15) is 32.3 Å². The minimum atomic E-state index is -0.696. The van der Waals surface area contributed by atoms with Gasteiger partial charge < -0.3 is 26.0 Å². The fourth-order valence-electron chi connectivity index (χ4n) is 2.97. The lowest BCUT2D eigenvalue weighted by molar-refractivity contribution is -0.128. The highest BCUT2D eigenvalue weighted by Crippen LogP contribution is 2.22. The summed E-state index contributed by atoms with van der Waals surface area (Å²) in [5, 5.41) is 17.5. The molecule has 0 aromatic heterocycles. The zero-order valence-electron chi connectivity index (χ0n) is 16.0. The van der Waals surface area contributed by atoms with Gasteiger partial charge in [-0.1, -0.05) is 19.9 Å². The molecule has 1 aliphatic rings. The van der Waals surface area contributed by atoms with Gasteiger partial charge in [-0.25, -0.2) is 4.79 Å². The number of aryl methyl sites for hydroxylation is 1. The predicted octanol–water partition coefficient (Wildman–Crippen LogP) is 1.69. The van der Waals surface area contributed by atoms with Crippen LogP contribution in [0.5, 0.6) is 0 Å². The molecule has 148 valence electrons. The van der Waals surface area contributed by atoms with Crippen LogP contribution in [0.4, 0.5) is 16.2 Å². The lowest BCUT2D eigenvalue weighted by atomic mass is 10.1. The van der Waals surface area contributed by atoms with E-state index in [1.807, 2.05) is 26.8 Å². The molecule has 1 atom stereocenters. The third-order valence-corrected chi connectivity index (χ3v) is 4.35. The average Bonchev–Trinajstić information content (AvgIpc) is 2.59. The molecule has 4 amide bonds. The Morgan fingerprint density at radius 1 is 1.33 bits per heavy atom. The van der Waals surface area contributed by atoms with E-state index in [4.69, 9.17) is 0 Å². The number of aliphatic hydroxyl groups is 1. The van der Waals surface area contributed by atoms with Crippen molar-refractivity contribution in [1.82, 2.24) is 10.2 Å². The van der Waals surface area contributed by atoms with Gasteiger partial charge in [-0.3, -0.25) is 9.59 Å². The van der Waals surface area contributed by atoms with Crippen molar-refractivity contribution >= 4 is 29.2 Å². The maximum absolute atomic E-state index is 12.7. The van der Waals surface area contributed by atoms with Crippen LogP contribution < -0.4 is 16.0 Å². The summed E-state index contributed by atoms with van der Waals surface area (Å²) in [4.78, 5) is 38.1. The zero-order chi connectivity index (χ0) is 20.0. The van der Waals surface area contributed by atoms with Crippen LogP contribution in [0, 0.1) is 12.8 Å². The summed E-state index contributed by atoms with van der Waals surface area (Å²) in [6, 6.07) is 4.20. The molecule has 1 fully saturated rings. The van der Waals surface area contributed by atoms with Gasteiger partial charge in [-0.15, -0.1) is 0 Å². The minimum Gasteiger partial charge on any atom is -0.396 e. The van der Waals surface area contributed by atoms with Crippen molar-refractivity contribution < 1.29 is 19.5 Å². The third kappa shape index (κ3) is 5.68. The van der Waals surface area contributed by atoms with E-state index >= 15 is 0 Å². The number of benzene rings is 1. The number of urea groups is 1. The van der Waals surface area contributed by atoms with E-state index in [1.54, 1.807) is 12.1 Å². The highest BCUT2D eigenvalue weighted by atomic mass is 16.3. The second-order valence-electron chi connectivity index (χ2n) is 7.12. The van der Waals surface area contributed by atoms with E-state index in [9.17, 15) is 19.5 Å². The first-order valence-electron chi connectivity index (χ1n) is 9.18. The van der Waals surface area contributed by atoms with Crippen LogP contribution in [0.3, 0.4) is 0 Å². The zero-order valence-corrected chi connectivity index (χ0v) is 16.0. The largest absolute Gasteiger partial charge is 0.396 e. The molecule has 0 spiro atoms. The lowest BCUT2D eigenvalue weighted by Crippen LogP contribution is -2.58. The second kappa shape index (κ2) is 9.36. The number of hydrogen-bond donors (Lipinski definition) is 4. The van der Waals surface area contributed by atoms with Gasteiger partial charge in [-0.05, 0) is 37.0 Å². The van der Waals surface area contributed by atoms with E-state index in [-0.39, 0.29) is 30.8 Å². The van der Waals surface area contributed by atoms with Gasteiger partial charge in [0, 0.05) is 37.5 Å². The van der Waals surface area contributed by atoms with E-state index in [2.05, 4.69) is 16.0 Å². The number of carbonyl (C=O) groups excluding carboxylic acids is 3. The van der Waals surface area contributed by atoms with Crippen molar-refractivity contribution in [3.63, 3.8) is 0 Å². The number of piperazine rings is 1. The molecule has 1 heterocycles. The Morgan fingerprint density at radius 2 is 2.07 bits per heavy atom. The third-order valence-electron chi connectivity index (χ3n) is 4.35. The first-order chi connectivity index (χ1) is 12.8. The molecule has 4 N–H and O–H groups in total. The van der Waals surface area contributed by atoms with E-state index in [0.29, 0.717) is 30.9 Å². The molecule has 1 aromatic rings. The SMILES string of the molecule is Cc1ccc(NC(=O)CC(C)C)cc1NC(=O)N1CCNC(=O)[C@@H]1CCO. The standard InChI is InChI=1S/C19H28N4O4/c1-12(2)10-17(25)21-14-5-4-13(3)15(11-14)22-19(27)23-8-7-20-18(26)16(23)6-9-24/h4-5,11-12,16,24H,6-10H2,1-3H3,(H,20,26)(H,21,25)(H,22,27)/t16-/m0/s1. The van der Waals surface area contributed by atoms with E-state index in [1.165, 1.54) is 4.90 Å². The number of amides is 4. The highest BCUT2D eigenvalue weighted by molar-refractivity contribution is 5.96. The Morgan fingerprint density at radius 3 is 2.74 bits per heavy atom. The Bertz CT molecular complexity index is 705. The molecule has 27 heavy (non-hydrogen) atoms. The maximum atomic E-state index is 12.7. The maximum Gasteiger partial charge on any atom is 0.322 e. The molecule has 8 heteroatoms. The number of aliphatic hydroxyl groups excluding tert-OH is 1. The number of nitrogens with zero attached hydrogens (tertiary/aromatic N) is 1. The molecule has 0 radical (unpaired) electrons. The monoisotopic (exact) mass is 376 g/mol. The summed E-state index contributed by atoms with van der Waals surface area (Å²) in [5.41, 5.74) is 2.01. The number of nitrogens with one attached hydrogen (secondary N) is 3. The fraction of sp³-hybridized carbons (Fsp3) is 0.526. The van der Waals surface area contributed by atoms with Crippen LogP contribution in [0.25, 0.3) is 0 Å². The van der Waals surface area contributed by atoms with Crippen molar-refractivity contribution in [3.8, 4) is 0 Å². The fourth-order valence-corrected chi connectivity index (χ4v) is 2.97. The van der Waals surface area contributed by atoms with Crippen LogP contribution in [0.2, 0.25) is 0 Å². The molecular weight excluding hydrogens is 348 g/mol. The van der Waals surface area contributed by atoms with Crippen molar-refractivity contribution in [3.05, 3.63) is 23.8 Å². The smallest absolute Gasteiger partial charge is 0.322 e. The van der Waals surface area contributed by atoms with Gasteiger partial charge in [-0.2, -0.15) is 0 Å². The Kier molecular flexibility index (Phi) is 7.18. The molecule has 1 aromatic carbocycles.